The third-order valence-corrected chi connectivity index (χ3v) is 2.97. The smallest absolute Gasteiger partial charge is 0.262 e. The molecule has 0 aliphatic rings. The fourth-order valence-electron chi connectivity index (χ4n) is 1.58. The molecule has 20 heavy (non-hydrogen) atoms. The summed E-state index contributed by atoms with van der Waals surface area (Å²) in [6, 6.07) is 16.2. The van der Waals surface area contributed by atoms with Crippen molar-refractivity contribution in [2.24, 2.45) is 0 Å². The minimum absolute atomic E-state index is 0.148. The van der Waals surface area contributed by atoms with E-state index in [0.717, 1.165) is 4.47 Å². The Labute approximate surface area is 125 Å². The van der Waals surface area contributed by atoms with Crippen LogP contribution in [-0.2, 0) is 4.79 Å². The first kappa shape index (κ1) is 14.1. The number of nitrogens with zero attached hydrogens (tertiary/aromatic N) is 1. The lowest BCUT2D eigenvalue weighted by Gasteiger charge is -2.08. The first-order valence-corrected chi connectivity index (χ1v) is 6.65. The summed E-state index contributed by atoms with van der Waals surface area (Å²) >= 11 is 3.28. The van der Waals surface area contributed by atoms with Crippen LogP contribution in [0.3, 0.4) is 0 Å². The van der Waals surface area contributed by atoms with E-state index in [1.54, 1.807) is 30.3 Å². The fraction of sp³-hybridized carbons (Fsp3) is 0.0667. The van der Waals surface area contributed by atoms with Crippen molar-refractivity contribution >= 4 is 27.5 Å². The topological polar surface area (TPSA) is 62.1 Å². The molecular formula is C15H11BrN2O2. The first-order valence-electron chi connectivity index (χ1n) is 5.86. The highest BCUT2D eigenvalue weighted by molar-refractivity contribution is 9.10. The standard InChI is InChI=1S/C15H11BrN2O2/c16-12-6-7-14(11(8-12)9-17)20-10-15(19)18-13-4-2-1-3-5-13/h1-8H,10H2,(H,18,19). The second kappa shape index (κ2) is 6.73. The molecule has 0 heterocycles. The Balaban J connectivity index is 1.96. The lowest BCUT2D eigenvalue weighted by Crippen LogP contribution is -2.20. The molecule has 0 aromatic heterocycles. The first-order chi connectivity index (χ1) is 9.69. The van der Waals surface area contributed by atoms with Crippen LogP contribution in [0.25, 0.3) is 0 Å². The van der Waals surface area contributed by atoms with Crippen molar-refractivity contribution in [3.05, 3.63) is 58.6 Å². The Morgan fingerprint density at radius 1 is 1.25 bits per heavy atom. The number of halogens is 1. The molecule has 1 amide bonds. The summed E-state index contributed by atoms with van der Waals surface area (Å²) in [6.45, 7) is -0.148. The van der Waals surface area contributed by atoms with E-state index in [-0.39, 0.29) is 12.5 Å². The molecule has 0 aliphatic carbocycles. The molecule has 0 atom stereocenters. The van der Waals surface area contributed by atoms with Gasteiger partial charge in [-0.25, -0.2) is 0 Å². The van der Waals surface area contributed by atoms with Crippen LogP contribution in [0.4, 0.5) is 5.69 Å². The minimum atomic E-state index is -0.275. The number of carbonyl (C=O) groups is 1. The predicted molar refractivity (Wildman–Crippen MR) is 79.4 cm³/mol. The molecule has 0 bridgehead atoms. The molecule has 2 aromatic carbocycles. The van der Waals surface area contributed by atoms with Gasteiger partial charge in [-0.3, -0.25) is 4.79 Å². The van der Waals surface area contributed by atoms with Gasteiger partial charge in [0.05, 0.1) is 5.56 Å². The Morgan fingerprint density at radius 3 is 2.70 bits per heavy atom. The summed E-state index contributed by atoms with van der Waals surface area (Å²) in [5.41, 5.74) is 1.09. The van der Waals surface area contributed by atoms with Gasteiger partial charge in [-0.15, -0.1) is 0 Å². The molecular weight excluding hydrogens is 320 g/mol. The van der Waals surface area contributed by atoms with Gasteiger partial charge in [0, 0.05) is 10.2 Å². The van der Waals surface area contributed by atoms with Gasteiger partial charge < -0.3 is 10.1 Å². The highest BCUT2D eigenvalue weighted by atomic mass is 79.9. The lowest BCUT2D eigenvalue weighted by molar-refractivity contribution is -0.118. The summed E-state index contributed by atoms with van der Waals surface area (Å²) < 4.78 is 6.15. The Kier molecular flexibility index (Phi) is 4.75. The minimum Gasteiger partial charge on any atom is -0.482 e. The number of hydrogen-bond donors (Lipinski definition) is 1. The molecule has 0 spiro atoms. The van der Waals surface area contributed by atoms with E-state index >= 15 is 0 Å². The van der Waals surface area contributed by atoms with Crippen LogP contribution in [0.2, 0.25) is 0 Å². The molecule has 4 nitrogen and oxygen atoms in total. The van der Waals surface area contributed by atoms with Crippen LogP contribution in [0.15, 0.2) is 53.0 Å². The molecule has 0 saturated carbocycles. The number of nitriles is 1. The van der Waals surface area contributed by atoms with E-state index in [1.165, 1.54) is 0 Å². The van der Waals surface area contributed by atoms with E-state index in [4.69, 9.17) is 10.00 Å². The van der Waals surface area contributed by atoms with Crippen molar-refractivity contribution in [2.45, 2.75) is 0 Å². The second-order valence-corrected chi connectivity index (χ2v) is 4.87. The highest BCUT2D eigenvalue weighted by Crippen LogP contribution is 2.22. The molecule has 100 valence electrons. The monoisotopic (exact) mass is 330 g/mol. The van der Waals surface area contributed by atoms with Crippen LogP contribution in [0.5, 0.6) is 5.75 Å². The quantitative estimate of drug-likeness (QED) is 0.935. The van der Waals surface area contributed by atoms with Gasteiger partial charge in [-0.05, 0) is 30.3 Å². The zero-order valence-corrected chi connectivity index (χ0v) is 12.1. The molecule has 2 rings (SSSR count). The molecule has 2 aromatic rings. The van der Waals surface area contributed by atoms with Gasteiger partial charge >= 0.3 is 0 Å². The van der Waals surface area contributed by atoms with Crippen molar-refractivity contribution in [1.29, 1.82) is 5.26 Å². The molecule has 0 fully saturated rings. The van der Waals surface area contributed by atoms with Gasteiger partial charge in [-0.2, -0.15) is 5.26 Å². The van der Waals surface area contributed by atoms with Crippen LogP contribution < -0.4 is 10.1 Å². The molecule has 0 saturated heterocycles. The number of hydrogen-bond acceptors (Lipinski definition) is 3. The number of rotatable bonds is 4. The van der Waals surface area contributed by atoms with Gasteiger partial charge in [0.15, 0.2) is 6.61 Å². The number of anilines is 1. The van der Waals surface area contributed by atoms with Crippen molar-refractivity contribution in [3.8, 4) is 11.8 Å². The molecule has 1 N–H and O–H groups in total. The molecule has 0 radical (unpaired) electrons. The number of para-hydroxylation sites is 1. The molecule has 0 unspecified atom stereocenters. The highest BCUT2D eigenvalue weighted by Gasteiger charge is 2.07. The largest absolute Gasteiger partial charge is 0.482 e. The lowest BCUT2D eigenvalue weighted by atomic mass is 10.2. The van der Waals surface area contributed by atoms with Crippen LogP contribution in [-0.4, -0.2) is 12.5 Å². The Bertz CT molecular complexity index is 651. The van der Waals surface area contributed by atoms with E-state index in [9.17, 15) is 4.79 Å². The number of nitrogens with one attached hydrogen (secondary N) is 1. The maximum atomic E-state index is 11.7. The Morgan fingerprint density at radius 2 is 2.00 bits per heavy atom. The van der Waals surface area contributed by atoms with E-state index in [2.05, 4.69) is 21.2 Å². The second-order valence-electron chi connectivity index (χ2n) is 3.96. The SMILES string of the molecule is N#Cc1cc(Br)ccc1OCC(=O)Nc1ccccc1. The van der Waals surface area contributed by atoms with Crippen LogP contribution >= 0.6 is 15.9 Å². The van der Waals surface area contributed by atoms with Gasteiger partial charge in [-0.1, -0.05) is 34.1 Å². The normalized spacial score (nSPS) is 9.60. The Hall–Kier alpha value is -2.32. The van der Waals surface area contributed by atoms with Crippen molar-refractivity contribution in [1.82, 2.24) is 0 Å². The molecule has 5 heteroatoms. The van der Waals surface area contributed by atoms with Gasteiger partial charge in [0.2, 0.25) is 0 Å². The zero-order valence-electron chi connectivity index (χ0n) is 10.5. The number of carbonyl (C=O) groups excluding carboxylic acids is 1. The van der Waals surface area contributed by atoms with E-state index in [1.807, 2.05) is 24.3 Å². The van der Waals surface area contributed by atoms with Crippen molar-refractivity contribution < 1.29 is 9.53 Å². The maximum Gasteiger partial charge on any atom is 0.262 e. The van der Waals surface area contributed by atoms with Crippen LogP contribution in [0.1, 0.15) is 5.56 Å². The van der Waals surface area contributed by atoms with E-state index < -0.39 is 0 Å². The number of amides is 1. The zero-order chi connectivity index (χ0) is 14.4. The summed E-state index contributed by atoms with van der Waals surface area (Å²) in [5, 5.41) is 11.7. The third-order valence-electron chi connectivity index (χ3n) is 2.48. The summed E-state index contributed by atoms with van der Waals surface area (Å²) in [5.74, 6) is 0.113. The third kappa shape index (κ3) is 3.84. The number of benzene rings is 2. The van der Waals surface area contributed by atoms with Crippen molar-refractivity contribution in [3.63, 3.8) is 0 Å². The fourth-order valence-corrected chi connectivity index (χ4v) is 1.94. The number of ether oxygens (including phenoxy) is 1. The van der Waals surface area contributed by atoms with E-state index in [0.29, 0.717) is 17.0 Å². The summed E-state index contributed by atoms with van der Waals surface area (Å²) in [6.07, 6.45) is 0. The maximum absolute atomic E-state index is 11.7. The average Bonchev–Trinajstić information content (AvgIpc) is 2.47. The van der Waals surface area contributed by atoms with Gasteiger partial charge in [0.25, 0.3) is 5.91 Å². The van der Waals surface area contributed by atoms with Gasteiger partial charge in [0.1, 0.15) is 11.8 Å². The molecule has 0 aliphatic heterocycles. The summed E-state index contributed by atoms with van der Waals surface area (Å²) in [7, 11) is 0. The predicted octanol–water partition coefficient (Wildman–Crippen LogP) is 3.34. The van der Waals surface area contributed by atoms with Crippen molar-refractivity contribution in [2.75, 3.05) is 11.9 Å². The average molecular weight is 331 g/mol. The summed E-state index contributed by atoms with van der Waals surface area (Å²) in [4.78, 5) is 11.7. The van der Waals surface area contributed by atoms with Crippen LogP contribution in [0, 0.1) is 11.3 Å².